The summed E-state index contributed by atoms with van der Waals surface area (Å²) in [6.45, 7) is 17.5. The summed E-state index contributed by atoms with van der Waals surface area (Å²) < 4.78 is 8.83. The maximum absolute atomic E-state index is 8.33. The van der Waals surface area contributed by atoms with Crippen LogP contribution in [0.1, 0.15) is 79.6 Å². The summed E-state index contributed by atoms with van der Waals surface area (Å²) in [5.41, 5.74) is 0. The molecule has 0 aliphatic rings. The van der Waals surface area contributed by atoms with Gasteiger partial charge in [0.25, 0.3) is 0 Å². The number of carboxylic acid groups (broad SMARTS) is 2. The normalized spacial score (nSPS) is 10.6. The molecule has 0 aliphatic heterocycles. The van der Waals surface area contributed by atoms with Gasteiger partial charge in [-0.05, 0) is 61.5 Å². The summed E-state index contributed by atoms with van der Waals surface area (Å²) in [5, 5.41) is 16.7. The van der Waals surface area contributed by atoms with Gasteiger partial charge in [-0.25, -0.2) is 18.3 Å². The molecular formula is C19H34N4O3. The standard InChI is InChI=1S/2C9H17N2.CH2O3/c2*1-8(2)10-5-6-11(7-10)9(3)4;2-1(3)4/h2*5-9H,1-4H3;(H2,2,3,4)/q2*+1;/p-2. The second-order valence-corrected chi connectivity index (χ2v) is 7.24. The van der Waals surface area contributed by atoms with Gasteiger partial charge in [0.15, 0.2) is 0 Å². The van der Waals surface area contributed by atoms with Gasteiger partial charge < -0.3 is 15.0 Å². The first-order chi connectivity index (χ1) is 12.0. The van der Waals surface area contributed by atoms with E-state index < -0.39 is 6.16 Å². The van der Waals surface area contributed by atoms with Gasteiger partial charge in [0.2, 0.25) is 12.7 Å². The summed E-state index contributed by atoms with van der Waals surface area (Å²) in [5.74, 6) is 0. The van der Waals surface area contributed by atoms with Crippen LogP contribution in [0.3, 0.4) is 0 Å². The number of carbonyl (C=O) groups is 1. The quantitative estimate of drug-likeness (QED) is 0.768. The fraction of sp³-hybridized carbons (Fsp3) is 0.632. The van der Waals surface area contributed by atoms with E-state index in [0.717, 1.165) is 0 Å². The average molecular weight is 367 g/mol. The van der Waals surface area contributed by atoms with Crippen LogP contribution in [0.5, 0.6) is 0 Å². The van der Waals surface area contributed by atoms with Crippen LogP contribution in [0.4, 0.5) is 4.79 Å². The monoisotopic (exact) mass is 366 g/mol. The molecule has 0 N–H and O–H groups in total. The van der Waals surface area contributed by atoms with E-state index in [4.69, 9.17) is 15.0 Å². The number of rotatable bonds is 4. The summed E-state index contributed by atoms with van der Waals surface area (Å²) in [7, 11) is 0. The number of nitrogens with zero attached hydrogens (tertiary/aromatic N) is 4. The summed E-state index contributed by atoms with van der Waals surface area (Å²) >= 11 is 0. The van der Waals surface area contributed by atoms with Gasteiger partial charge >= 0.3 is 0 Å². The number of aromatic nitrogens is 4. The van der Waals surface area contributed by atoms with E-state index in [1.807, 2.05) is 0 Å². The topological polar surface area (TPSA) is 80.8 Å². The summed E-state index contributed by atoms with van der Waals surface area (Å²) in [6, 6.07) is 2.26. The van der Waals surface area contributed by atoms with Crippen molar-refractivity contribution in [1.82, 2.24) is 9.13 Å². The molecule has 2 aromatic heterocycles. The van der Waals surface area contributed by atoms with Crippen molar-refractivity contribution in [2.24, 2.45) is 0 Å². The fourth-order valence-corrected chi connectivity index (χ4v) is 1.99. The van der Waals surface area contributed by atoms with Crippen LogP contribution >= 0.6 is 0 Å². The second-order valence-electron chi connectivity index (χ2n) is 7.24. The Kier molecular flexibility index (Phi) is 10.3. The van der Waals surface area contributed by atoms with E-state index in [1.54, 1.807) is 0 Å². The van der Waals surface area contributed by atoms with Gasteiger partial charge in [-0.15, -0.1) is 0 Å². The van der Waals surface area contributed by atoms with Crippen LogP contribution in [0.2, 0.25) is 0 Å². The Labute approximate surface area is 157 Å². The van der Waals surface area contributed by atoms with Crippen molar-refractivity contribution in [3.63, 3.8) is 0 Å². The molecule has 0 saturated carbocycles. The smallest absolute Gasteiger partial charge is 0.244 e. The zero-order valence-electron chi connectivity index (χ0n) is 17.3. The van der Waals surface area contributed by atoms with Crippen LogP contribution in [-0.4, -0.2) is 15.3 Å². The molecule has 0 aliphatic carbocycles. The number of hydrogen-bond acceptors (Lipinski definition) is 3. The van der Waals surface area contributed by atoms with Gasteiger partial charge in [-0.1, -0.05) is 0 Å². The molecule has 0 atom stereocenters. The van der Waals surface area contributed by atoms with E-state index in [2.05, 4.69) is 111 Å². The van der Waals surface area contributed by atoms with E-state index in [9.17, 15) is 0 Å². The highest BCUT2D eigenvalue weighted by atomic mass is 16.6. The molecule has 7 nitrogen and oxygen atoms in total. The highest BCUT2D eigenvalue weighted by Crippen LogP contribution is 2.02. The van der Waals surface area contributed by atoms with E-state index in [1.165, 1.54) is 0 Å². The molecule has 2 aromatic rings. The SMILES string of the molecule is CC(C)n1cc[n+](C(C)C)c1.CC(C)n1cc[n+](C(C)C)c1.O=C([O-])[O-]. The Morgan fingerprint density at radius 1 is 0.731 bits per heavy atom. The third-order valence-corrected chi connectivity index (χ3v) is 3.74. The molecular weight excluding hydrogens is 332 g/mol. The number of imidazole rings is 2. The molecule has 0 unspecified atom stereocenters. The Balaban J connectivity index is 0.000000401. The molecule has 0 spiro atoms. The molecule has 26 heavy (non-hydrogen) atoms. The van der Waals surface area contributed by atoms with Gasteiger partial charge in [-0.3, -0.25) is 0 Å². The summed E-state index contributed by atoms with van der Waals surface area (Å²) in [4.78, 5) is 8.33. The van der Waals surface area contributed by atoms with Crippen LogP contribution in [0.25, 0.3) is 0 Å². The second kappa shape index (κ2) is 11.3. The molecule has 2 heterocycles. The molecule has 0 aromatic carbocycles. The first kappa shape index (κ1) is 23.7. The minimum absolute atomic E-state index is 0.565. The Morgan fingerprint density at radius 2 is 1.00 bits per heavy atom. The third kappa shape index (κ3) is 9.25. The van der Waals surface area contributed by atoms with Crippen LogP contribution < -0.4 is 19.3 Å². The molecule has 0 fully saturated rings. The van der Waals surface area contributed by atoms with Crippen molar-refractivity contribution in [2.45, 2.75) is 79.6 Å². The minimum atomic E-state index is -2.33. The Morgan fingerprint density at radius 3 is 1.12 bits per heavy atom. The molecule has 2 rings (SSSR count). The lowest BCUT2D eigenvalue weighted by molar-refractivity contribution is -0.716. The minimum Gasteiger partial charge on any atom is -0.652 e. The first-order valence-corrected chi connectivity index (χ1v) is 9.00. The van der Waals surface area contributed by atoms with Crippen molar-refractivity contribution < 1.29 is 24.1 Å². The summed E-state index contributed by atoms with van der Waals surface area (Å²) in [6.07, 6.45) is 10.4. The molecule has 0 saturated heterocycles. The predicted octanol–water partition coefficient (Wildman–Crippen LogP) is 1.43. The van der Waals surface area contributed by atoms with Crippen molar-refractivity contribution >= 4 is 6.16 Å². The van der Waals surface area contributed by atoms with Crippen LogP contribution in [-0.2, 0) is 0 Å². The van der Waals surface area contributed by atoms with Gasteiger partial charge in [0, 0.05) is 0 Å². The zero-order valence-corrected chi connectivity index (χ0v) is 17.3. The van der Waals surface area contributed by atoms with Crippen molar-refractivity contribution in [3.05, 3.63) is 37.4 Å². The van der Waals surface area contributed by atoms with Crippen molar-refractivity contribution in [1.29, 1.82) is 0 Å². The maximum atomic E-state index is 8.33. The van der Waals surface area contributed by atoms with Gasteiger partial charge in [-0.2, -0.15) is 0 Å². The molecule has 0 radical (unpaired) electrons. The maximum Gasteiger partial charge on any atom is 0.244 e. The fourth-order valence-electron chi connectivity index (χ4n) is 1.99. The number of carbonyl (C=O) groups excluding carboxylic acids is 1. The van der Waals surface area contributed by atoms with E-state index >= 15 is 0 Å². The van der Waals surface area contributed by atoms with Gasteiger partial charge in [0.05, 0.1) is 24.2 Å². The first-order valence-electron chi connectivity index (χ1n) is 9.00. The van der Waals surface area contributed by atoms with Crippen molar-refractivity contribution in [3.8, 4) is 0 Å². The lowest BCUT2D eigenvalue weighted by atomic mass is 10.4. The highest BCUT2D eigenvalue weighted by Gasteiger charge is 2.09. The molecule has 7 heteroatoms. The molecule has 148 valence electrons. The van der Waals surface area contributed by atoms with Crippen LogP contribution in [0, 0.1) is 0 Å². The Hall–Kier alpha value is -2.31. The lowest BCUT2D eigenvalue weighted by Crippen LogP contribution is -2.37. The molecule has 0 bridgehead atoms. The largest absolute Gasteiger partial charge is 0.652 e. The Bertz CT molecular complexity index is 544. The highest BCUT2D eigenvalue weighted by molar-refractivity contribution is 5.47. The van der Waals surface area contributed by atoms with E-state index in [-0.39, 0.29) is 0 Å². The number of hydrogen-bond donors (Lipinski definition) is 0. The zero-order chi connectivity index (χ0) is 20.4. The van der Waals surface area contributed by atoms with Gasteiger partial charge in [0.1, 0.15) is 24.8 Å². The predicted molar refractivity (Wildman–Crippen MR) is 96.2 cm³/mol. The molecule has 0 amide bonds. The van der Waals surface area contributed by atoms with E-state index in [0.29, 0.717) is 24.2 Å². The lowest BCUT2D eigenvalue weighted by Gasteiger charge is -1.99. The average Bonchev–Trinajstić information content (AvgIpc) is 3.17. The van der Waals surface area contributed by atoms with Crippen molar-refractivity contribution in [2.75, 3.05) is 0 Å². The third-order valence-electron chi connectivity index (χ3n) is 3.74. The van der Waals surface area contributed by atoms with Crippen LogP contribution in [0.15, 0.2) is 37.4 Å².